The fourth-order valence-electron chi connectivity index (χ4n) is 4.15. The van der Waals surface area contributed by atoms with Gasteiger partial charge in [0, 0.05) is 29.3 Å². The maximum atomic E-state index is 13.0. The number of hydrogen-bond donors (Lipinski definition) is 1. The van der Waals surface area contributed by atoms with Gasteiger partial charge in [-0.25, -0.2) is 9.07 Å². The maximum Gasteiger partial charge on any atom is 0.251 e. The van der Waals surface area contributed by atoms with Crippen LogP contribution < -0.4 is 5.32 Å². The van der Waals surface area contributed by atoms with E-state index in [1.165, 1.54) is 17.7 Å². The third-order valence-electron chi connectivity index (χ3n) is 6.02. The summed E-state index contributed by atoms with van der Waals surface area (Å²) in [6.45, 7) is 4.69. The van der Waals surface area contributed by atoms with Crippen LogP contribution in [0.5, 0.6) is 0 Å². The van der Waals surface area contributed by atoms with Gasteiger partial charge in [-0.15, -0.1) is 0 Å². The van der Waals surface area contributed by atoms with Crippen molar-refractivity contribution >= 4 is 17.3 Å². The van der Waals surface area contributed by atoms with Gasteiger partial charge in [0.2, 0.25) is 0 Å². The molecule has 164 valence electrons. The zero-order valence-corrected chi connectivity index (χ0v) is 18.4. The van der Waals surface area contributed by atoms with Gasteiger partial charge in [-0.1, -0.05) is 44.2 Å². The highest BCUT2D eigenvalue weighted by Gasteiger charge is 2.36. The second-order valence-electron chi connectivity index (χ2n) is 8.63. The monoisotopic (exact) mass is 438 g/mol. The van der Waals surface area contributed by atoms with Crippen LogP contribution in [0.1, 0.15) is 40.9 Å². The summed E-state index contributed by atoms with van der Waals surface area (Å²) in [7, 11) is 0. The molecule has 0 saturated carbocycles. The predicted molar refractivity (Wildman–Crippen MR) is 127 cm³/mol. The van der Waals surface area contributed by atoms with Gasteiger partial charge in [-0.05, 0) is 53.6 Å². The Hall–Kier alpha value is -4.06. The molecule has 3 aromatic carbocycles. The normalized spacial score (nSPS) is 14.0. The Morgan fingerprint density at radius 2 is 1.73 bits per heavy atom. The topological polar surface area (TPSA) is 59.3 Å². The molecule has 0 atom stereocenters. The van der Waals surface area contributed by atoms with Gasteiger partial charge < -0.3 is 5.32 Å². The van der Waals surface area contributed by atoms with Gasteiger partial charge in [0.1, 0.15) is 5.82 Å². The van der Waals surface area contributed by atoms with Crippen molar-refractivity contribution in [1.29, 1.82) is 0 Å². The Morgan fingerprint density at radius 1 is 1.00 bits per heavy atom. The van der Waals surface area contributed by atoms with E-state index in [-0.39, 0.29) is 17.1 Å². The molecule has 4 aromatic rings. The number of halogens is 1. The number of aromatic nitrogens is 2. The average molecular weight is 439 g/mol. The molecule has 0 radical (unpaired) electrons. The van der Waals surface area contributed by atoms with E-state index in [1.54, 1.807) is 28.9 Å². The Morgan fingerprint density at radius 3 is 2.45 bits per heavy atom. The van der Waals surface area contributed by atoms with E-state index in [9.17, 15) is 9.18 Å². The summed E-state index contributed by atoms with van der Waals surface area (Å²) >= 11 is 0. The van der Waals surface area contributed by atoms with Crippen LogP contribution in [0, 0.1) is 5.82 Å². The van der Waals surface area contributed by atoms with E-state index in [4.69, 9.17) is 4.99 Å². The molecule has 1 N–H and O–H groups in total. The van der Waals surface area contributed by atoms with Crippen LogP contribution in [0.4, 0.5) is 10.1 Å². The van der Waals surface area contributed by atoms with Gasteiger partial charge >= 0.3 is 0 Å². The average Bonchev–Trinajstić information content (AvgIpc) is 3.41. The first-order chi connectivity index (χ1) is 15.9. The second kappa shape index (κ2) is 8.13. The van der Waals surface area contributed by atoms with Crippen LogP contribution in [0.3, 0.4) is 0 Å². The first-order valence-corrected chi connectivity index (χ1v) is 10.8. The molecule has 1 amide bonds. The number of para-hydroxylation sites is 1. The number of rotatable bonds is 5. The summed E-state index contributed by atoms with van der Waals surface area (Å²) in [6.07, 6.45) is 3.80. The minimum atomic E-state index is -0.296. The predicted octanol–water partition coefficient (Wildman–Crippen LogP) is 5.35. The van der Waals surface area contributed by atoms with Gasteiger partial charge in [-0.3, -0.25) is 9.79 Å². The first kappa shape index (κ1) is 20.8. The van der Waals surface area contributed by atoms with E-state index < -0.39 is 0 Å². The third kappa shape index (κ3) is 3.96. The largest absolute Gasteiger partial charge is 0.348 e. The maximum absolute atomic E-state index is 13.0. The lowest BCUT2D eigenvalue weighted by atomic mass is 9.80. The summed E-state index contributed by atoms with van der Waals surface area (Å²) in [5.74, 6) is -0.484. The van der Waals surface area contributed by atoms with E-state index in [0.717, 1.165) is 28.2 Å². The summed E-state index contributed by atoms with van der Waals surface area (Å²) < 4.78 is 14.8. The van der Waals surface area contributed by atoms with Crippen LogP contribution >= 0.6 is 0 Å². The van der Waals surface area contributed by atoms with Crippen molar-refractivity contribution in [2.45, 2.75) is 25.8 Å². The highest BCUT2D eigenvalue weighted by atomic mass is 19.1. The molecule has 33 heavy (non-hydrogen) atoms. The number of hydrogen-bond acceptors (Lipinski definition) is 3. The lowest BCUT2D eigenvalue weighted by molar-refractivity contribution is 0.0951. The van der Waals surface area contributed by atoms with Crippen molar-refractivity contribution in [2.75, 3.05) is 0 Å². The van der Waals surface area contributed by atoms with E-state index >= 15 is 0 Å². The zero-order valence-electron chi connectivity index (χ0n) is 18.4. The van der Waals surface area contributed by atoms with Gasteiger partial charge in [-0.2, -0.15) is 5.10 Å². The van der Waals surface area contributed by atoms with Crippen LogP contribution in [0.15, 0.2) is 90.2 Å². The summed E-state index contributed by atoms with van der Waals surface area (Å²) in [5.41, 5.74) is 6.21. The minimum absolute atomic E-state index is 0.188. The van der Waals surface area contributed by atoms with Gasteiger partial charge in [0.05, 0.1) is 23.3 Å². The fourth-order valence-corrected chi connectivity index (χ4v) is 4.15. The first-order valence-electron chi connectivity index (χ1n) is 10.8. The molecule has 5 nitrogen and oxygen atoms in total. The number of amides is 1. The van der Waals surface area contributed by atoms with Crippen LogP contribution in [0.2, 0.25) is 0 Å². The summed E-state index contributed by atoms with van der Waals surface area (Å²) in [4.78, 5) is 17.3. The SMILES string of the molecule is CC1(C)C(c2cnn(-c3ccc(C(=O)NCc4ccc(F)cc4)cc3)c2)=Nc2ccccc21. The molecule has 0 fully saturated rings. The molecule has 0 unspecified atom stereocenters. The number of carbonyl (C=O) groups excluding carboxylic acids is 1. The fraction of sp³-hybridized carbons (Fsp3) is 0.148. The number of aliphatic imine (C=N–C) groups is 1. The quantitative estimate of drug-likeness (QED) is 0.456. The molecule has 0 saturated heterocycles. The van der Waals surface area contributed by atoms with Crippen molar-refractivity contribution in [3.8, 4) is 5.69 Å². The molecule has 0 bridgehead atoms. The van der Waals surface area contributed by atoms with E-state index in [1.807, 2.05) is 42.7 Å². The molecule has 6 heteroatoms. The number of fused-ring (bicyclic) bond motifs is 1. The minimum Gasteiger partial charge on any atom is -0.348 e. The number of benzene rings is 3. The highest BCUT2D eigenvalue weighted by molar-refractivity contribution is 6.12. The molecular weight excluding hydrogens is 415 g/mol. The Labute approximate surface area is 191 Å². The molecule has 1 aliphatic rings. The van der Waals surface area contributed by atoms with Crippen molar-refractivity contribution < 1.29 is 9.18 Å². The van der Waals surface area contributed by atoms with Crippen LogP contribution in [-0.2, 0) is 12.0 Å². The third-order valence-corrected chi connectivity index (χ3v) is 6.02. The summed E-state index contributed by atoms with van der Waals surface area (Å²) in [6, 6.07) is 21.5. The molecule has 1 aliphatic heterocycles. The van der Waals surface area contributed by atoms with Crippen molar-refractivity contribution in [2.24, 2.45) is 4.99 Å². The highest BCUT2D eigenvalue weighted by Crippen LogP contribution is 2.41. The number of nitrogens with one attached hydrogen (secondary N) is 1. The van der Waals surface area contributed by atoms with Crippen LogP contribution in [0.25, 0.3) is 5.69 Å². The number of nitrogens with zero attached hydrogens (tertiary/aromatic N) is 3. The van der Waals surface area contributed by atoms with Crippen molar-refractivity contribution in [3.63, 3.8) is 0 Å². The van der Waals surface area contributed by atoms with Gasteiger partial charge in [0.25, 0.3) is 5.91 Å². The smallest absolute Gasteiger partial charge is 0.251 e. The lowest BCUT2D eigenvalue weighted by Gasteiger charge is -2.21. The molecule has 0 spiro atoms. The molecule has 5 rings (SSSR count). The van der Waals surface area contributed by atoms with E-state index in [2.05, 4.69) is 30.3 Å². The molecular formula is C27H23FN4O. The standard InChI is InChI=1S/C27H23FN4O/c1-27(2)23-5-3-4-6-24(23)31-25(27)20-16-30-32(17-20)22-13-9-19(10-14-22)26(33)29-15-18-7-11-21(28)12-8-18/h3-14,16-17H,15H2,1-2H3,(H,29,33). The van der Waals surface area contributed by atoms with Gasteiger partial charge in [0.15, 0.2) is 0 Å². The van der Waals surface area contributed by atoms with Crippen molar-refractivity contribution in [1.82, 2.24) is 15.1 Å². The lowest BCUT2D eigenvalue weighted by Crippen LogP contribution is -2.26. The van der Waals surface area contributed by atoms with E-state index in [0.29, 0.717) is 12.1 Å². The Balaban J connectivity index is 1.30. The van der Waals surface area contributed by atoms with Crippen LogP contribution in [-0.4, -0.2) is 21.4 Å². The van der Waals surface area contributed by atoms with Crippen molar-refractivity contribution in [3.05, 3.63) is 113 Å². The zero-order chi connectivity index (χ0) is 23.0. The Kier molecular flexibility index (Phi) is 5.13. The molecule has 0 aliphatic carbocycles. The summed E-state index contributed by atoms with van der Waals surface area (Å²) in [5, 5.41) is 7.37. The molecule has 2 heterocycles. The Bertz CT molecular complexity index is 1350. The molecule has 1 aromatic heterocycles. The number of carbonyl (C=O) groups is 1. The second-order valence-corrected chi connectivity index (χ2v) is 8.63.